The van der Waals surface area contributed by atoms with Crippen molar-refractivity contribution in [2.75, 3.05) is 20.1 Å². The molecule has 0 spiro atoms. The van der Waals surface area contributed by atoms with Crippen molar-refractivity contribution in [3.8, 4) is 11.5 Å². The molecule has 6 nitrogen and oxygen atoms in total. The van der Waals surface area contributed by atoms with Gasteiger partial charge in [-0.3, -0.25) is 4.99 Å². The summed E-state index contributed by atoms with van der Waals surface area (Å²) in [6.45, 7) is 5.06. The Labute approximate surface area is 173 Å². The summed E-state index contributed by atoms with van der Waals surface area (Å²) < 4.78 is 5.65. The molecule has 2 aliphatic rings. The Hall–Kier alpha value is -2.34. The van der Waals surface area contributed by atoms with Crippen molar-refractivity contribution in [3.63, 3.8) is 0 Å². The third-order valence-corrected chi connectivity index (χ3v) is 6.22. The quantitative estimate of drug-likeness (QED) is 0.597. The summed E-state index contributed by atoms with van der Waals surface area (Å²) in [5.41, 5.74) is 3.10. The summed E-state index contributed by atoms with van der Waals surface area (Å²) in [5, 5.41) is 6.96. The maximum Gasteiger partial charge on any atom is 0.226 e. The van der Waals surface area contributed by atoms with Crippen molar-refractivity contribution in [2.24, 2.45) is 4.99 Å². The summed E-state index contributed by atoms with van der Waals surface area (Å²) in [6, 6.07) is 9.54. The zero-order valence-electron chi connectivity index (χ0n) is 17.7. The van der Waals surface area contributed by atoms with E-state index in [0.717, 1.165) is 23.3 Å². The topological polar surface area (TPSA) is 65.7 Å². The fourth-order valence-electron chi connectivity index (χ4n) is 4.46. The number of hydrogen-bond acceptors (Lipinski definition) is 4. The van der Waals surface area contributed by atoms with E-state index in [9.17, 15) is 0 Å². The Bertz CT molecular complexity index is 799. The Morgan fingerprint density at radius 1 is 1.14 bits per heavy atom. The van der Waals surface area contributed by atoms with Crippen LogP contribution in [0.25, 0.3) is 11.5 Å². The molecule has 0 bridgehead atoms. The lowest BCUT2D eigenvalue weighted by Crippen LogP contribution is -2.50. The smallest absolute Gasteiger partial charge is 0.226 e. The first-order valence-corrected chi connectivity index (χ1v) is 10.9. The summed E-state index contributed by atoms with van der Waals surface area (Å²) in [6.07, 6.45) is 9.68. The molecule has 1 aromatic heterocycles. The lowest BCUT2D eigenvalue weighted by molar-refractivity contribution is 0.150. The summed E-state index contributed by atoms with van der Waals surface area (Å²) >= 11 is 0. The number of likely N-dealkylation sites (tertiary alicyclic amines) is 1. The van der Waals surface area contributed by atoms with Crippen molar-refractivity contribution in [1.82, 2.24) is 20.5 Å². The molecule has 2 heterocycles. The Kier molecular flexibility index (Phi) is 6.49. The molecule has 1 saturated heterocycles. The average molecular weight is 396 g/mol. The minimum atomic E-state index is 0.485. The fourth-order valence-corrected chi connectivity index (χ4v) is 4.46. The van der Waals surface area contributed by atoms with E-state index in [2.05, 4.69) is 44.6 Å². The van der Waals surface area contributed by atoms with Gasteiger partial charge < -0.3 is 20.0 Å². The number of aryl methyl sites for hydroxylation is 1. The standard InChI is InChI=1S/C23H33N5O/c1-17-7-9-18(10-8-17)22-26-20(16-29-22)15-25-23(24-2)27-19-11-13-28(14-12-19)21-5-3-4-6-21/h7-10,16,19,21H,3-6,11-15H2,1-2H3,(H2,24,25,27). The zero-order chi connectivity index (χ0) is 20.1. The van der Waals surface area contributed by atoms with Crippen LogP contribution < -0.4 is 10.6 Å². The first-order valence-electron chi connectivity index (χ1n) is 10.9. The van der Waals surface area contributed by atoms with E-state index >= 15 is 0 Å². The van der Waals surface area contributed by atoms with Crippen molar-refractivity contribution in [3.05, 3.63) is 41.8 Å². The van der Waals surface area contributed by atoms with Gasteiger partial charge in [0.25, 0.3) is 0 Å². The Balaban J connectivity index is 1.24. The second-order valence-corrected chi connectivity index (χ2v) is 8.33. The molecule has 2 aromatic rings. The Morgan fingerprint density at radius 3 is 2.55 bits per heavy atom. The highest BCUT2D eigenvalue weighted by Crippen LogP contribution is 2.26. The molecule has 0 unspecified atom stereocenters. The van der Waals surface area contributed by atoms with Crippen LogP contribution in [0.5, 0.6) is 0 Å². The SMILES string of the molecule is CN=C(NCc1coc(-c2ccc(C)cc2)n1)NC1CCN(C2CCCC2)CC1. The van der Waals surface area contributed by atoms with Crippen molar-refractivity contribution in [2.45, 2.75) is 64.1 Å². The number of rotatable bonds is 5. The van der Waals surface area contributed by atoms with Crippen molar-refractivity contribution in [1.29, 1.82) is 0 Å². The van der Waals surface area contributed by atoms with E-state index in [0.29, 0.717) is 18.5 Å². The molecular formula is C23H33N5O. The number of hydrogen-bond donors (Lipinski definition) is 2. The summed E-state index contributed by atoms with van der Waals surface area (Å²) in [7, 11) is 1.82. The largest absolute Gasteiger partial charge is 0.444 e. The van der Waals surface area contributed by atoms with E-state index in [1.807, 2.05) is 19.2 Å². The first-order chi connectivity index (χ1) is 14.2. The van der Waals surface area contributed by atoms with E-state index in [4.69, 9.17) is 4.42 Å². The minimum Gasteiger partial charge on any atom is -0.444 e. The van der Waals surface area contributed by atoms with Gasteiger partial charge in [-0.2, -0.15) is 0 Å². The highest BCUT2D eigenvalue weighted by Gasteiger charge is 2.27. The predicted molar refractivity (Wildman–Crippen MR) is 117 cm³/mol. The molecule has 0 amide bonds. The third kappa shape index (κ3) is 5.18. The van der Waals surface area contributed by atoms with Gasteiger partial charge in [0.2, 0.25) is 5.89 Å². The van der Waals surface area contributed by atoms with Crippen LogP contribution in [0.2, 0.25) is 0 Å². The second-order valence-electron chi connectivity index (χ2n) is 8.33. The van der Waals surface area contributed by atoms with Gasteiger partial charge in [0, 0.05) is 37.8 Å². The molecule has 1 saturated carbocycles. The maximum atomic E-state index is 5.65. The van der Waals surface area contributed by atoms with Crippen LogP contribution in [0.3, 0.4) is 0 Å². The van der Waals surface area contributed by atoms with Gasteiger partial charge in [-0.05, 0) is 44.7 Å². The molecule has 29 heavy (non-hydrogen) atoms. The van der Waals surface area contributed by atoms with Gasteiger partial charge in [-0.1, -0.05) is 30.5 Å². The van der Waals surface area contributed by atoms with E-state index in [1.165, 1.54) is 57.2 Å². The first kappa shape index (κ1) is 20.0. The third-order valence-electron chi connectivity index (χ3n) is 6.22. The summed E-state index contributed by atoms with van der Waals surface area (Å²) in [5.74, 6) is 1.49. The van der Waals surface area contributed by atoms with Gasteiger partial charge in [-0.25, -0.2) is 4.98 Å². The average Bonchev–Trinajstić information content (AvgIpc) is 3.44. The molecule has 1 aliphatic heterocycles. The molecule has 6 heteroatoms. The fraction of sp³-hybridized carbons (Fsp3) is 0.565. The number of oxazole rings is 1. The molecule has 0 atom stereocenters. The minimum absolute atomic E-state index is 0.485. The van der Waals surface area contributed by atoms with Gasteiger partial charge in [0.15, 0.2) is 5.96 Å². The van der Waals surface area contributed by atoms with E-state index in [1.54, 1.807) is 6.26 Å². The molecular weight excluding hydrogens is 362 g/mol. The monoisotopic (exact) mass is 395 g/mol. The van der Waals surface area contributed by atoms with Crippen LogP contribution in [0, 0.1) is 6.92 Å². The Morgan fingerprint density at radius 2 is 1.86 bits per heavy atom. The lowest BCUT2D eigenvalue weighted by Gasteiger charge is -2.36. The van der Waals surface area contributed by atoms with Crippen LogP contribution in [-0.2, 0) is 6.54 Å². The number of aliphatic imine (C=N–C) groups is 1. The van der Waals surface area contributed by atoms with Gasteiger partial charge in [0.1, 0.15) is 6.26 Å². The van der Waals surface area contributed by atoms with E-state index < -0.39 is 0 Å². The molecule has 4 rings (SSSR count). The molecule has 1 aliphatic carbocycles. The van der Waals surface area contributed by atoms with Crippen LogP contribution in [0.15, 0.2) is 39.9 Å². The number of benzene rings is 1. The van der Waals surface area contributed by atoms with Crippen molar-refractivity contribution < 1.29 is 4.42 Å². The number of nitrogens with zero attached hydrogens (tertiary/aromatic N) is 3. The highest BCUT2D eigenvalue weighted by atomic mass is 16.3. The van der Waals surface area contributed by atoms with Crippen LogP contribution in [0.1, 0.15) is 49.8 Å². The number of guanidine groups is 1. The highest BCUT2D eigenvalue weighted by molar-refractivity contribution is 5.79. The zero-order valence-corrected chi connectivity index (χ0v) is 17.7. The second kappa shape index (κ2) is 9.44. The van der Waals surface area contributed by atoms with E-state index in [-0.39, 0.29) is 0 Å². The van der Waals surface area contributed by atoms with Gasteiger partial charge in [0.05, 0.1) is 12.2 Å². The molecule has 0 radical (unpaired) electrons. The maximum absolute atomic E-state index is 5.65. The molecule has 156 valence electrons. The number of piperidine rings is 1. The number of nitrogens with one attached hydrogen (secondary N) is 2. The molecule has 2 N–H and O–H groups in total. The number of aromatic nitrogens is 1. The van der Waals surface area contributed by atoms with Crippen LogP contribution in [0.4, 0.5) is 0 Å². The van der Waals surface area contributed by atoms with Crippen LogP contribution >= 0.6 is 0 Å². The summed E-state index contributed by atoms with van der Waals surface area (Å²) in [4.78, 5) is 11.7. The normalized spacial score (nSPS) is 19.6. The molecule has 1 aromatic carbocycles. The van der Waals surface area contributed by atoms with Gasteiger partial charge in [-0.15, -0.1) is 0 Å². The van der Waals surface area contributed by atoms with Crippen LogP contribution in [-0.4, -0.2) is 48.1 Å². The van der Waals surface area contributed by atoms with Gasteiger partial charge >= 0.3 is 0 Å². The predicted octanol–water partition coefficient (Wildman–Crippen LogP) is 3.72. The van der Waals surface area contributed by atoms with Crippen molar-refractivity contribution >= 4 is 5.96 Å². The lowest BCUT2D eigenvalue weighted by atomic mass is 10.0. The molecule has 2 fully saturated rings.